The van der Waals surface area contributed by atoms with E-state index in [-0.39, 0.29) is 10.0 Å². The quantitative estimate of drug-likeness (QED) is 0.849. The average molecular weight is 340 g/mol. The van der Waals surface area contributed by atoms with Crippen molar-refractivity contribution in [2.75, 3.05) is 6.67 Å². The van der Waals surface area contributed by atoms with E-state index in [1.54, 1.807) is 26.8 Å². The fourth-order valence-corrected chi connectivity index (χ4v) is 2.46. The van der Waals surface area contributed by atoms with Crippen molar-refractivity contribution in [3.8, 4) is 0 Å². The second-order valence-corrected chi connectivity index (χ2v) is 7.70. The number of hydrogen-bond acceptors (Lipinski definition) is 2. The summed E-state index contributed by atoms with van der Waals surface area (Å²) in [4.78, 5) is 0. The van der Waals surface area contributed by atoms with Gasteiger partial charge in [0.2, 0.25) is 0 Å². The Hall–Kier alpha value is -0.170. The van der Waals surface area contributed by atoms with E-state index in [0.717, 1.165) is 0 Å². The molecule has 1 aromatic carbocycles. The number of rotatable bonds is 4. The highest BCUT2D eigenvalue weighted by Crippen LogP contribution is 2.26. The average Bonchev–Trinajstić information content (AvgIpc) is 2.28. The molecule has 0 saturated heterocycles. The summed E-state index contributed by atoms with van der Waals surface area (Å²) in [6.07, 6.45) is 0. The van der Waals surface area contributed by atoms with E-state index >= 15 is 0 Å². The van der Waals surface area contributed by atoms with Crippen LogP contribution < -0.4 is 4.72 Å². The molecule has 0 aliphatic heterocycles. The van der Waals surface area contributed by atoms with E-state index in [1.165, 1.54) is 12.1 Å². The van der Waals surface area contributed by atoms with Gasteiger partial charge in [0.1, 0.15) is 23.3 Å². The first kappa shape index (κ1) is 15.9. The first-order valence-corrected chi connectivity index (χ1v) is 7.39. The molecule has 1 aromatic rings. The predicted octanol–water partition coefficient (Wildman–Crippen LogP) is 3.65. The number of hydrogen-bond donors (Lipinski definition) is 1. The Balaban J connectivity index is 2.94. The van der Waals surface area contributed by atoms with Crippen LogP contribution in [0.25, 0.3) is 0 Å². The molecule has 1 rings (SSSR count). The second kappa shape index (κ2) is 6.32. The van der Waals surface area contributed by atoms with E-state index in [1.807, 2.05) is 0 Å². The van der Waals surface area contributed by atoms with Gasteiger partial charge in [-0.25, -0.2) is 8.78 Å². The third kappa shape index (κ3) is 3.91. The lowest BCUT2D eigenvalue weighted by molar-refractivity contribution is 0.400. The lowest BCUT2D eigenvalue weighted by Gasteiger charge is -2.27. The van der Waals surface area contributed by atoms with Crippen LogP contribution in [0.3, 0.4) is 0 Å². The first-order valence-electron chi connectivity index (χ1n) is 5.45. The van der Waals surface area contributed by atoms with Crippen molar-refractivity contribution in [1.82, 2.24) is 4.72 Å². The van der Waals surface area contributed by atoms with Gasteiger partial charge in [0.05, 0.1) is 4.47 Å². The molecular weight excluding hydrogens is 324 g/mol. The van der Waals surface area contributed by atoms with E-state index in [0.29, 0.717) is 0 Å². The summed E-state index contributed by atoms with van der Waals surface area (Å²) in [7, 11) is 0. The minimum atomic E-state index is -1.45. The lowest BCUT2D eigenvalue weighted by atomic mass is 10.1. The summed E-state index contributed by atoms with van der Waals surface area (Å²) >= 11 is 1.59. The largest absolute Gasteiger partial charge is 0.598 e. The zero-order chi connectivity index (χ0) is 13.9. The highest BCUT2D eigenvalue weighted by molar-refractivity contribution is 9.10. The highest BCUT2D eigenvalue weighted by atomic mass is 79.9. The Kier molecular flexibility index (Phi) is 5.58. The SMILES string of the molecule is CC(C)(C)[S@+]([O-])N[C@H](CF)c1cccc(Br)c1F. The Labute approximate surface area is 118 Å². The molecule has 1 N–H and O–H groups in total. The van der Waals surface area contributed by atoms with Gasteiger partial charge in [-0.1, -0.05) is 12.1 Å². The van der Waals surface area contributed by atoms with Crippen molar-refractivity contribution in [2.45, 2.75) is 31.6 Å². The van der Waals surface area contributed by atoms with Gasteiger partial charge in [-0.3, -0.25) is 0 Å². The van der Waals surface area contributed by atoms with Crippen LogP contribution in [-0.4, -0.2) is 16.0 Å². The molecule has 0 aliphatic carbocycles. The minimum absolute atomic E-state index is 0.171. The van der Waals surface area contributed by atoms with Crippen molar-refractivity contribution < 1.29 is 13.3 Å². The van der Waals surface area contributed by atoms with Gasteiger partial charge < -0.3 is 4.55 Å². The topological polar surface area (TPSA) is 35.1 Å². The van der Waals surface area contributed by atoms with E-state index in [4.69, 9.17) is 0 Å². The summed E-state index contributed by atoms with van der Waals surface area (Å²) in [5, 5.41) is 0. The fraction of sp³-hybridized carbons (Fsp3) is 0.500. The van der Waals surface area contributed by atoms with Crippen molar-refractivity contribution >= 4 is 27.3 Å². The number of halogens is 3. The molecule has 0 unspecified atom stereocenters. The van der Waals surface area contributed by atoms with E-state index in [2.05, 4.69) is 20.7 Å². The van der Waals surface area contributed by atoms with Crippen molar-refractivity contribution in [3.05, 3.63) is 34.1 Å². The van der Waals surface area contributed by atoms with Crippen LogP contribution in [0.5, 0.6) is 0 Å². The first-order chi connectivity index (χ1) is 8.27. The Bertz CT molecular complexity index is 412. The third-order valence-electron chi connectivity index (χ3n) is 2.32. The van der Waals surface area contributed by atoms with Gasteiger partial charge >= 0.3 is 0 Å². The summed E-state index contributed by atoms with van der Waals surface area (Å²) in [6.45, 7) is 4.48. The molecule has 2 nitrogen and oxygen atoms in total. The predicted molar refractivity (Wildman–Crippen MR) is 73.8 cm³/mol. The van der Waals surface area contributed by atoms with E-state index < -0.39 is 34.6 Å². The Morgan fingerprint density at radius 2 is 2.06 bits per heavy atom. The second-order valence-electron chi connectivity index (χ2n) is 4.85. The van der Waals surface area contributed by atoms with Crippen LogP contribution in [0.15, 0.2) is 22.7 Å². The Morgan fingerprint density at radius 3 is 2.56 bits per heavy atom. The standard InChI is InChI=1S/C12H16BrF2NOS/c1-12(2,3)18(17)16-10(7-14)8-5-4-6-9(13)11(8)15/h4-6,10,16H,7H2,1-3H3/t10-,18+/m1/s1. The van der Waals surface area contributed by atoms with Crippen LogP contribution in [0.2, 0.25) is 0 Å². The molecule has 0 fully saturated rings. The monoisotopic (exact) mass is 339 g/mol. The van der Waals surface area contributed by atoms with Crippen molar-refractivity contribution in [1.29, 1.82) is 0 Å². The highest BCUT2D eigenvalue weighted by Gasteiger charge is 2.31. The van der Waals surface area contributed by atoms with E-state index in [9.17, 15) is 13.3 Å². The summed E-state index contributed by atoms with van der Waals surface area (Å²) in [6, 6.07) is 3.72. The smallest absolute Gasteiger partial charge is 0.142 e. The van der Waals surface area contributed by atoms with Crippen LogP contribution in [0, 0.1) is 5.82 Å². The van der Waals surface area contributed by atoms with Crippen LogP contribution in [-0.2, 0) is 11.4 Å². The molecule has 0 radical (unpaired) electrons. The van der Waals surface area contributed by atoms with Crippen LogP contribution in [0.1, 0.15) is 32.4 Å². The zero-order valence-corrected chi connectivity index (χ0v) is 12.9. The Morgan fingerprint density at radius 1 is 1.44 bits per heavy atom. The lowest BCUT2D eigenvalue weighted by Crippen LogP contribution is -2.42. The number of alkyl halides is 1. The van der Waals surface area contributed by atoms with Crippen molar-refractivity contribution in [3.63, 3.8) is 0 Å². The summed E-state index contributed by atoms with van der Waals surface area (Å²) in [5.74, 6) is -0.529. The van der Waals surface area contributed by atoms with Gasteiger partial charge in [0.15, 0.2) is 0 Å². The molecule has 2 atom stereocenters. The fourth-order valence-electron chi connectivity index (χ4n) is 1.27. The maximum absolute atomic E-state index is 13.8. The maximum atomic E-state index is 13.8. The molecule has 18 heavy (non-hydrogen) atoms. The molecule has 0 saturated carbocycles. The van der Waals surface area contributed by atoms with Gasteiger partial charge in [0.25, 0.3) is 0 Å². The van der Waals surface area contributed by atoms with Crippen LogP contribution >= 0.6 is 15.9 Å². The zero-order valence-electron chi connectivity index (χ0n) is 10.5. The van der Waals surface area contributed by atoms with Gasteiger partial charge in [0, 0.05) is 16.9 Å². The van der Waals surface area contributed by atoms with Crippen molar-refractivity contribution in [2.24, 2.45) is 0 Å². The summed E-state index contributed by atoms with van der Waals surface area (Å²) < 4.78 is 41.1. The normalized spacial score (nSPS) is 15.5. The molecular formula is C12H16BrF2NOS. The van der Waals surface area contributed by atoms with Gasteiger partial charge in [-0.15, -0.1) is 4.72 Å². The molecule has 0 amide bonds. The van der Waals surface area contributed by atoms with Crippen LogP contribution in [0.4, 0.5) is 8.78 Å². The molecule has 0 bridgehead atoms. The number of nitrogens with one attached hydrogen (secondary N) is 1. The third-order valence-corrected chi connectivity index (χ3v) is 4.54. The van der Waals surface area contributed by atoms with Gasteiger partial charge in [-0.2, -0.15) is 0 Å². The maximum Gasteiger partial charge on any atom is 0.142 e. The molecule has 0 heterocycles. The molecule has 0 spiro atoms. The molecule has 0 aliphatic rings. The minimum Gasteiger partial charge on any atom is -0.598 e. The summed E-state index contributed by atoms with van der Waals surface area (Å²) in [5.41, 5.74) is 0.171. The molecule has 0 aromatic heterocycles. The number of benzene rings is 1. The molecule has 6 heteroatoms. The van der Waals surface area contributed by atoms with Gasteiger partial charge in [-0.05, 0) is 42.8 Å². The molecule has 102 valence electrons.